The van der Waals surface area contributed by atoms with Crippen molar-refractivity contribution >= 4 is 22.4 Å². The van der Waals surface area contributed by atoms with E-state index in [0.717, 1.165) is 62.5 Å². The molecule has 0 aliphatic carbocycles. The second-order valence-electron chi connectivity index (χ2n) is 7.21. The lowest BCUT2D eigenvalue weighted by molar-refractivity contribution is 0.796. The molecule has 3 heterocycles. The first-order valence-electron chi connectivity index (χ1n) is 10.0. The second-order valence-corrected chi connectivity index (χ2v) is 7.21. The first kappa shape index (κ1) is 18.2. The number of rotatable bonds is 4. The first-order valence-corrected chi connectivity index (χ1v) is 10.0. The maximum Gasteiger partial charge on any atom is 0.146 e. The lowest BCUT2D eigenvalue weighted by atomic mass is 10.1. The van der Waals surface area contributed by atoms with Crippen molar-refractivity contribution in [3.8, 4) is 6.07 Å². The molecule has 0 bridgehead atoms. The van der Waals surface area contributed by atoms with Gasteiger partial charge in [0, 0.05) is 49.1 Å². The number of nitrogens with zero attached hydrogens (tertiary/aromatic N) is 5. The SMILES string of the molecule is CCCc1cc(N2CCCN(c3ncccc3C#N)CC2)c2ccccc2n1. The van der Waals surface area contributed by atoms with E-state index >= 15 is 0 Å². The summed E-state index contributed by atoms with van der Waals surface area (Å²) in [4.78, 5) is 14.0. The third kappa shape index (κ3) is 3.63. The number of pyridine rings is 2. The highest BCUT2D eigenvalue weighted by atomic mass is 15.2. The lowest BCUT2D eigenvalue weighted by Crippen LogP contribution is -2.31. The number of benzene rings is 1. The second kappa shape index (κ2) is 8.26. The Hall–Kier alpha value is -3.13. The molecule has 1 aliphatic heterocycles. The molecule has 4 rings (SSSR count). The molecule has 0 atom stereocenters. The monoisotopic (exact) mass is 371 g/mol. The number of aromatic nitrogens is 2. The highest BCUT2D eigenvalue weighted by Crippen LogP contribution is 2.29. The Labute approximate surface area is 166 Å². The first-order chi connectivity index (χ1) is 13.8. The van der Waals surface area contributed by atoms with Gasteiger partial charge in [-0.2, -0.15) is 5.26 Å². The van der Waals surface area contributed by atoms with E-state index in [9.17, 15) is 5.26 Å². The van der Waals surface area contributed by atoms with Crippen molar-refractivity contribution in [2.45, 2.75) is 26.2 Å². The van der Waals surface area contributed by atoms with Crippen molar-refractivity contribution in [3.05, 3.63) is 59.9 Å². The van der Waals surface area contributed by atoms with Gasteiger partial charge in [-0.3, -0.25) is 4.98 Å². The summed E-state index contributed by atoms with van der Waals surface area (Å²) < 4.78 is 0. The highest BCUT2D eigenvalue weighted by Gasteiger charge is 2.20. The van der Waals surface area contributed by atoms with E-state index in [1.54, 1.807) is 6.20 Å². The largest absolute Gasteiger partial charge is 0.369 e. The van der Waals surface area contributed by atoms with E-state index in [4.69, 9.17) is 4.98 Å². The van der Waals surface area contributed by atoms with Crippen LogP contribution in [-0.4, -0.2) is 36.1 Å². The Morgan fingerprint density at radius 1 is 1.04 bits per heavy atom. The Morgan fingerprint density at radius 2 is 1.86 bits per heavy atom. The molecule has 1 saturated heterocycles. The van der Waals surface area contributed by atoms with Gasteiger partial charge in [-0.1, -0.05) is 31.5 Å². The molecule has 1 aromatic carbocycles. The van der Waals surface area contributed by atoms with Crippen LogP contribution in [0.2, 0.25) is 0 Å². The Kier molecular flexibility index (Phi) is 5.38. The zero-order valence-corrected chi connectivity index (χ0v) is 16.3. The number of fused-ring (bicyclic) bond motifs is 1. The number of hydrogen-bond acceptors (Lipinski definition) is 5. The topological polar surface area (TPSA) is 56.0 Å². The van der Waals surface area contributed by atoms with E-state index in [-0.39, 0.29) is 0 Å². The predicted molar refractivity (Wildman–Crippen MR) is 114 cm³/mol. The standard InChI is InChI=1S/C23H25N5/c1-2-7-19-16-22(20-9-3-4-10-21(20)26-19)27-12-6-13-28(15-14-27)23-18(17-24)8-5-11-25-23/h3-5,8-11,16H,2,6-7,12-15H2,1H3. The molecule has 0 amide bonds. The molecule has 1 fully saturated rings. The number of para-hydroxylation sites is 1. The van der Waals surface area contributed by atoms with E-state index in [0.29, 0.717) is 5.56 Å². The molecule has 1 aliphatic rings. The summed E-state index contributed by atoms with van der Waals surface area (Å²) in [5.74, 6) is 0.804. The van der Waals surface area contributed by atoms with Crippen molar-refractivity contribution < 1.29 is 0 Å². The molecule has 0 saturated carbocycles. The summed E-state index contributed by atoms with van der Waals surface area (Å²) in [6.07, 6.45) is 4.89. The van der Waals surface area contributed by atoms with Gasteiger partial charge < -0.3 is 9.80 Å². The van der Waals surface area contributed by atoms with Crippen LogP contribution in [0.15, 0.2) is 48.7 Å². The highest BCUT2D eigenvalue weighted by molar-refractivity contribution is 5.92. The van der Waals surface area contributed by atoms with Gasteiger partial charge in [0.1, 0.15) is 11.9 Å². The average Bonchev–Trinajstić information content (AvgIpc) is 2.99. The fraction of sp³-hybridized carbons (Fsp3) is 0.348. The third-order valence-corrected chi connectivity index (χ3v) is 5.30. The van der Waals surface area contributed by atoms with Crippen LogP contribution >= 0.6 is 0 Å². The molecule has 0 spiro atoms. The third-order valence-electron chi connectivity index (χ3n) is 5.30. The van der Waals surface area contributed by atoms with Gasteiger partial charge in [0.2, 0.25) is 0 Å². The van der Waals surface area contributed by atoms with Gasteiger partial charge in [0.15, 0.2) is 0 Å². The summed E-state index contributed by atoms with van der Waals surface area (Å²) in [6.45, 7) is 5.85. The molecular formula is C23H25N5. The van der Waals surface area contributed by atoms with Gasteiger partial charge >= 0.3 is 0 Å². The Morgan fingerprint density at radius 3 is 2.71 bits per heavy atom. The maximum absolute atomic E-state index is 9.41. The van der Waals surface area contributed by atoms with E-state index in [1.165, 1.54) is 11.1 Å². The van der Waals surface area contributed by atoms with Gasteiger partial charge in [-0.15, -0.1) is 0 Å². The van der Waals surface area contributed by atoms with E-state index < -0.39 is 0 Å². The molecule has 0 unspecified atom stereocenters. The minimum absolute atomic E-state index is 0.649. The van der Waals surface area contributed by atoms with Gasteiger partial charge in [-0.25, -0.2) is 4.98 Å². The Bertz CT molecular complexity index is 1010. The minimum atomic E-state index is 0.649. The van der Waals surface area contributed by atoms with Crippen LogP contribution in [0.25, 0.3) is 10.9 Å². The molecule has 5 nitrogen and oxygen atoms in total. The fourth-order valence-electron chi connectivity index (χ4n) is 3.96. The Balaban J connectivity index is 1.64. The quantitative estimate of drug-likeness (QED) is 0.689. The van der Waals surface area contributed by atoms with Crippen LogP contribution in [0.5, 0.6) is 0 Å². The minimum Gasteiger partial charge on any atom is -0.369 e. The maximum atomic E-state index is 9.41. The van der Waals surface area contributed by atoms with Crippen LogP contribution in [0.1, 0.15) is 31.0 Å². The number of nitriles is 1. The average molecular weight is 371 g/mol. The normalized spacial score (nSPS) is 14.7. The zero-order chi connectivity index (χ0) is 19.3. The number of anilines is 2. The summed E-state index contributed by atoms with van der Waals surface area (Å²) in [5.41, 5.74) is 4.16. The molecule has 28 heavy (non-hydrogen) atoms. The number of aryl methyl sites for hydroxylation is 1. The van der Waals surface area contributed by atoms with Crippen LogP contribution in [0, 0.1) is 11.3 Å². The lowest BCUT2D eigenvalue weighted by Gasteiger charge is -2.26. The molecule has 5 heteroatoms. The van der Waals surface area contributed by atoms with Gasteiger partial charge in [-0.05, 0) is 37.1 Å². The van der Waals surface area contributed by atoms with Crippen molar-refractivity contribution in [2.24, 2.45) is 0 Å². The number of hydrogen-bond donors (Lipinski definition) is 0. The van der Waals surface area contributed by atoms with Gasteiger partial charge in [0.05, 0.1) is 11.1 Å². The van der Waals surface area contributed by atoms with Crippen LogP contribution in [-0.2, 0) is 6.42 Å². The molecule has 0 N–H and O–H groups in total. The van der Waals surface area contributed by atoms with Crippen molar-refractivity contribution in [2.75, 3.05) is 36.0 Å². The van der Waals surface area contributed by atoms with E-state index in [2.05, 4.69) is 58.1 Å². The van der Waals surface area contributed by atoms with E-state index in [1.807, 2.05) is 12.1 Å². The predicted octanol–water partition coefficient (Wildman–Crippen LogP) is 4.17. The van der Waals surface area contributed by atoms with Crippen molar-refractivity contribution in [1.82, 2.24) is 9.97 Å². The molecule has 3 aromatic rings. The fourth-order valence-corrected chi connectivity index (χ4v) is 3.96. The summed E-state index contributed by atoms with van der Waals surface area (Å²) in [6, 6.07) is 16.6. The van der Waals surface area contributed by atoms with Crippen molar-refractivity contribution in [1.29, 1.82) is 5.26 Å². The zero-order valence-electron chi connectivity index (χ0n) is 16.3. The molecule has 2 aromatic heterocycles. The summed E-state index contributed by atoms with van der Waals surface area (Å²) in [5, 5.41) is 10.6. The molecule has 0 radical (unpaired) electrons. The summed E-state index contributed by atoms with van der Waals surface area (Å²) in [7, 11) is 0. The van der Waals surface area contributed by atoms with Crippen LogP contribution < -0.4 is 9.80 Å². The summed E-state index contributed by atoms with van der Waals surface area (Å²) >= 11 is 0. The molecular weight excluding hydrogens is 346 g/mol. The smallest absolute Gasteiger partial charge is 0.146 e. The van der Waals surface area contributed by atoms with Crippen molar-refractivity contribution in [3.63, 3.8) is 0 Å². The van der Waals surface area contributed by atoms with Crippen LogP contribution in [0.4, 0.5) is 11.5 Å². The molecule has 142 valence electrons. The van der Waals surface area contributed by atoms with Gasteiger partial charge in [0.25, 0.3) is 0 Å². The van der Waals surface area contributed by atoms with Crippen LogP contribution in [0.3, 0.4) is 0 Å².